The fraction of sp³-hybridized carbons (Fsp3) is 0.364. The number of ketones is 1. The lowest BCUT2D eigenvalue weighted by Crippen LogP contribution is -2.05. The molecule has 0 amide bonds. The Morgan fingerprint density at radius 3 is 2.33 bits per heavy atom. The Kier molecular flexibility index (Phi) is 3.97. The van der Waals surface area contributed by atoms with Crippen LogP contribution in [0.1, 0.15) is 34.9 Å². The molecule has 0 fully saturated rings. The predicted molar refractivity (Wildman–Crippen MR) is 58.5 cm³/mol. The summed E-state index contributed by atoms with van der Waals surface area (Å²) in [7, 11) is 0. The van der Waals surface area contributed by atoms with Crippen LogP contribution in [0, 0.1) is 6.92 Å². The molecule has 15 heavy (non-hydrogen) atoms. The molecule has 82 valence electrons. The number of alkyl halides is 3. The zero-order valence-electron chi connectivity index (χ0n) is 8.43. The Labute approximate surface area is 95.6 Å². The number of carbonyl (C=O) groups excluding carboxylic acids is 1. The van der Waals surface area contributed by atoms with E-state index in [9.17, 15) is 13.6 Å². The predicted octanol–water partition coefficient (Wildman–Crippen LogP) is 3.96. The summed E-state index contributed by atoms with van der Waals surface area (Å²) in [6, 6.07) is 4.60. The summed E-state index contributed by atoms with van der Waals surface area (Å²) in [5, 5.41) is 0. The number of benzene rings is 1. The third kappa shape index (κ3) is 2.62. The van der Waals surface area contributed by atoms with Crippen molar-refractivity contribution in [2.75, 3.05) is 0 Å². The lowest BCUT2D eigenvalue weighted by atomic mass is 9.99. The quantitative estimate of drug-likeness (QED) is 0.764. The van der Waals surface area contributed by atoms with E-state index in [2.05, 4.69) is 15.9 Å². The van der Waals surface area contributed by atoms with Crippen molar-refractivity contribution in [3.8, 4) is 0 Å². The van der Waals surface area contributed by atoms with E-state index in [4.69, 9.17) is 0 Å². The Hall–Kier alpha value is -0.770. The summed E-state index contributed by atoms with van der Waals surface area (Å²) in [5.74, 6) is -0.0930. The van der Waals surface area contributed by atoms with Gasteiger partial charge in [-0.25, -0.2) is 8.78 Å². The van der Waals surface area contributed by atoms with Gasteiger partial charge in [-0.15, -0.1) is 0 Å². The molecule has 1 unspecified atom stereocenters. The van der Waals surface area contributed by atoms with Crippen molar-refractivity contribution in [1.29, 1.82) is 0 Å². The summed E-state index contributed by atoms with van der Waals surface area (Å²) in [6.45, 7) is 3.03. The SMILES string of the molecule is CC(=O)C(Br)c1cccc(C(F)F)c1C. The van der Waals surface area contributed by atoms with Gasteiger partial charge in [-0.2, -0.15) is 0 Å². The third-order valence-corrected chi connectivity index (χ3v) is 3.42. The Balaban J connectivity index is 3.21. The van der Waals surface area contributed by atoms with Gasteiger partial charge in [-0.05, 0) is 25.0 Å². The molecule has 1 atom stereocenters. The zero-order valence-corrected chi connectivity index (χ0v) is 10.0. The van der Waals surface area contributed by atoms with Gasteiger partial charge >= 0.3 is 0 Å². The van der Waals surface area contributed by atoms with Gasteiger partial charge in [0.25, 0.3) is 6.43 Å². The number of hydrogen-bond acceptors (Lipinski definition) is 1. The lowest BCUT2D eigenvalue weighted by molar-refractivity contribution is -0.116. The molecule has 0 spiro atoms. The average Bonchev–Trinajstić information content (AvgIpc) is 2.16. The molecule has 0 aromatic heterocycles. The molecule has 0 radical (unpaired) electrons. The molecule has 0 saturated heterocycles. The molecular formula is C11H11BrF2O. The summed E-state index contributed by atoms with van der Waals surface area (Å²) in [5.41, 5.74) is 1.07. The van der Waals surface area contributed by atoms with E-state index in [0.29, 0.717) is 11.1 Å². The summed E-state index contributed by atoms with van der Waals surface area (Å²) in [4.78, 5) is 10.6. The molecule has 0 saturated carbocycles. The fourth-order valence-corrected chi connectivity index (χ4v) is 1.90. The van der Waals surface area contributed by atoms with Crippen molar-refractivity contribution in [1.82, 2.24) is 0 Å². The van der Waals surface area contributed by atoms with E-state index in [1.54, 1.807) is 19.1 Å². The third-order valence-electron chi connectivity index (χ3n) is 2.28. The van der Waals surface area contributed by atoms with Gasteiger partial charge in [0.15, 0.2) is 0 Å². The van der Waals surface area contributed by atoms with Crippen LogP contribution in [-0.4, -0.2) is 5.78 Å². The van der Waals surface area contributed by atoms with Gasteiger partial charge in [0.2, 0.25) is 0 Å². The summed E-state index contributed by atoms with van der Waals surface area (Å²) >= 11 is 3.19. The van der Waals surface area contributed by atoms with Gasteiger partial charge in [-0.3, -0.25) is 4.79 Å². The van der Waals surface area contributed by atoms with E-state index in [0.717, 1.165) is 0 Å². The van der Waals surface area contributed by atoms with Gasteiger partial charge in [0.05, 0.1) is 4.83 Å². The number of carbonyl (C=O) groups is 1. The van der Waals surface area contributed by atoms with Crippen LogP contribution in [-0.2, 0) is 4.79 Å². The maximum Gasteiger partial charge on any atom is 0.264 e. The monoisotopic (exact) mass is 276 g/mol. The molecule has 1 rings (SSSR count). The molecule has 1 aromatic rings. The minimum atomic E-state index is -2.50. The molecule has 0 heterocycles. The molecule has 0 N–H and O–H groups in total. The van der Waals surface area contributed by atoms with E-state index in [-0.39, 0.29) is 11.3 Å². The normalized spacial score (nSPS) is 12.9. The second kappa shape index (κ2) is 4.84. The zero-order chi connectivity index (χ0) is 11.6. The van der Waals surface area contributed by atoms with E-state index < -0.39 is 11.3 Å². The average molecular weight is 277 g/mol. The molecule has 0 aliphatic rings. The van der Waals surface area contributed by atoms with Crippen molar-refractivity contribution < 1.29 is 13.6 Å². The van der Waals surface area contributed by atoms with Crippen LogP contribution in [0.25, 0.3) is 0 Å². The molecule has 0 aliphatic heterocycles. The van der Waals surface area contributed by atoms with E-state index in [1.165, 1.54) is 13.0 Å². The van der Waals surface area contributed by atoms with Crippen LogP contribution in [0.2, 0.25) is 0 Å². The van der Waals surface area contributed by atoms with Crippen LogP contribution in [0.5, 0.6) is 0 Å². The van der Waals surface area contributed by atoms with Crippen LogP contribution in [0.15, 0.2) is 18.2 Å². The first-order chi connectivity index (χ1) is 6.95. The van der Waals surface area contributed by atoms with E-state index >= 15 is 0 Å². The molecular weight excluding hydrogens is 266 g/mol. The molecule has 1 aromatic carbocycles. The van der Waals surface area contributed by atoms with Crippen LogP contribution < -0.4 is 0 Å². The number of hydrogen-bond donors (Lipinski definition) is 0. The molecule has 0 aliphatic carbocycles. The Morgan fingerprint density at radius 1 is 1.33 bits per heavy atom. The molecule has 4 heteroatoms. The van der Waals surface area contributed by atoms with Crippen molar-refractivity contribution >= 4 is 21.7 Å². The van der Waals surface area contributed by atoms with Gasteiger partial charge in [0.1, 0.15) is 5.78 Å². The summed E-state index contributed by atoms with van der Waals surface area (Å²) < 4.78 is 25.1. The van der Waals surface area contributed by atoms with Gasteiger partial charge in [-0.1, -0.05) is 34.1 Å². The highest BCUT2D eigenvalue weighted by Gasteiger charge is 2.19. The largest absolute Gasteiger partial charge is 0.298 e. The number of Topliss-reactive ketones (excluding diaryl/α,β-unsaturated/α-hetero) is 1. The highest BCUT2D eigenvalue weighted by molar-refractivity contribution is 9.09. The maximum absolute atomic E-state index is 12.6. The first kappa shape index (κ1) is 12.3. The number of rotatable bonds is 3. The first-order valence-electron chi connectivity index (χ1n) is 4.47. The first-order valence-corrected chi connectivity index (χ1v) is 5.38. The van der Waals surface area contributed by atoms with Crippen LogP contribution in [0.3, 0.4) is 0 Å². The van der Waals surface area contributed by atoms with Crippen LogP contribution in [0.4, 0.5) is 8.78 Å². The second-order valence-electron chi connectivity index (χ2n) is 3.34. The highest BCUT2D eigenvalue weighted by atomic mass is 79.9. The van der Waals surface area contributed by atoms with Crippen molar-refractivity contribution in [3.63, 3.8) is 0 Å². The minimum Gasteiger partial charge on any atom is -0.298 e. The Bertz CT molecular complexity index is 377. The lowest BCUT2D eigenvalue weighted by Gasteiger charge is -2.13. The minimum absolute atomic E-state index is 0.0156. The van der Waals surface area contributed by atoms with Crippen molar-refractivity contribution in [2.45, 2.75) is 25.1 Å². The van der Waals surface area contributed by atoms with Gasteiger partial charge in [0, 0.05) is 5.56 Å². The van der Waals surface area contributed by atoms with E-state index in [1.807, 2.05) is 0 Å². The van der Waals surface area contributed by atoms with Crippen molar-refractivity contribution in [2.24, 2.45) is 0 Å². The fourth-order valence-electron chi connectivity index (χ4n) is 1.40. The maximum atomic E-state index is 12.6. The molecule has 0 bridgehead atoms. The highest BCUT2D eigenvalue weighted by Crippen LogP contribution is 2.32. The van der Waals surface area contributed by atoms with Gasteiger partial charge < -0.3 is 0 Å². The smallest absolute Gasteiger partial charge is 0.264 e. The number of halogens is 3. The van der Waals surface area contributed by atoms with Crippen molar-refractivity contribution in [3.05, 3.63) is 34.9 Å². The topological polar surface area (TPSA) is 17.1 Å². The van der Waals surface area contributed by atoms with Crippen LogP contribution >= 0.6 is 15.9 Å². The standard InChI is InChI=1S/C11H11BrF2O/c1-6-8(10(12)7(2)15)4-3-5-9(6)11(13)14/h3-5,10-11H,1-2H3. The second-order valence-corrected chi connectivity index (χ2v) is 4.25. The molecule has 1 nitrogen and oxygen atoms in total. The Morgan fingerprint density at radius 2 is 1.87 bits per heavy atom. The summed E-state index contributed by atoms with van der Waals surface area (Å²) in [6.07, 6.45) is -2.50.